The van der Waals surface area contributed by atoms with E-state index in [9.17, 15) is 0 Å². The molecule has 0 bridgehead atoms. The predicted molar refractivity (Wildman–Crippen MR) is 192 cm³/mol. The molecule has 2 aromatic carbocycles. The number of hydrogen-bond donors (Lipinski definition) is 0. The highest BCUT2D eigenvalue weighted by atomic mass is 16.5. The lowest BCUT2D eigenvalue weighted by Crippen LogP contribution is -2.52. The zero-order chi connectivity index (χ0) is 31.5. The fourth-order valence-electron chi connectivity index (χ4n) is 11.4. The van der Waals surface area contributed by atoms with Gasteiger partial charge in [0.05, 0.1) is 6.42 Å². The van der Waals surface area contributed by atoms with Crippen molar-refractivity contribution < 1.29 is 9.47 Å². The van der Waals surface area contributed by atoms with Crippen LogP contribution in [0.3, 0.4) is 0 Å². The number of nitrogens with zero attached hydrogens (tertiary/aromatic N) is 2. The maximum Gasteiger partial charge on any atom is 0.194 e. The first kappa shape index (κ1) is 31.6. The van der Waals surface area contributed by atoms with Crippen LogP contribution in [0.5, 0.6) is 0 Å². The number of benzene rings is 2. The van der Waals surface area contributed by atoms with Gasteiger partial charge < -0.3 is 9.47 Å². The molecule has 4 heteroatoms. The van der Waals surface area contributed by atoms with Crippen molar-refractivity contribution in [2.45, 2.75) is 158 Å². The lowest BCUT2D eigenvalue weighted by atomic mass is 9.62. The number of aliphatic imine (C=N–C) groups is 2. The molecular weight excluding hydrogens is 576 g/mol. The van der Waals surface area contributed by atoms with Gasteiger partial charge in [-0.1, -0.05) is 138 Å². The van der Waals surface area contributed by atoms with Gasteiger partial charge in [0.25, 0.3) is 0 Å². The lowest BCUT2D eigenvalue weighted by molar-refractivity contribution is -0.0858. The largest absolute Gasteiger partial charge is 0.471 e. The summed E-state index contributed by atoms with van der Waals surface area (Å²) in [7, 11) is 0. The van der Waals surface area contributed by atoms with Gasteiger partial charge in [0.2, 0.25) is 0 Å². The molecule has 0 spiro atoms. The molecule has 4 aliphatic carbocycles. The van der Waals surface area contributed by atoms with Gasteiger partial charge in [-0.05, 0) is 62.5 Å². The molecule has 0 radical (unpaired) electrons. The van der Waals surface area contributed by atoms with E-state index >= 15 is 0 Å². The molecule has 47 heavy (non-hydrogen) atoms. The fourth-order valence-corrected chi connectivity index (χ4v) is 11.4. The summed E-state index contributed by atoms with van der Waals surface area (Å²) in [6.07, 6.45) is 26.7. The number of rotatable bonds is 8. The Hall–Kier alpha value is -2.62. The normalized spacial score (nSPS) is 29.1. The first-order valence-corrected chi connectivity index (χ1v) is 19.9. The van der Waals surface area contributed by atoms with Crippen molar-refractivity contribution in [1.29, 1.82) is 0 Å². The summed E-state index contributed by atoms with van der Waals surface area (Å²) in [6.45, 7) is 0. The molecule has 0 aromatic heterocycles. The molecule has 0 saturated heterocycles. The Labute approximate surface area is 284 Å². The highest BCUT2D eigenvalue weighted by Gasteiger charge is 2.60. The summed E-state index contributed by atoms with van der Waals surface area (Å²) in [6, 6.07) is 22.5. The quantitative estimate of drug-likeness (QED) is 0.290. The van der Waals surface area contributed by atoms with E-state index in [-0.39, 0.29) is 23.3 Å². The van der Waals surface area contributed by atoms with Gasteiger partial charge in [-0.25, -0.2) is 9.98 Å². The van der Waals surface area contributed by atoms with E-state index in [1.807, 2.05) is 0 Å². The Bertz CT molecular complexity index is 1220. The molecule has 0 N–H and O–H groups in total. The molecule has 0 unspecified atom stereocenters. The van der Waals surface area contributed by atoms with Gasteiger partial charge in [0.15, 0.2) is 11.8 Å². The Kier molecular flexibility index (Phi) is 9.48. The summed E-state index contributed by atoms with van der Waals surface area (Å²) < 4.78 is 15.1. The minimum atomic E-state index is -0.251. The van der Waals surface area contributed by atoms with Crippen LogP contribution in [0.4, 0.5) is 0 Å². The van der Waals surface area contributed by atoms with Crippen LogP contribution >= 0.6 is 0 Å². The first-order chi connectivity index (χ1) is 23.3. The summed E-state index contributed by atoms with van der Waals surface area (Å²) in [5, 5.41) is 0. The Balaban J connectivity index is 1.17. The van der Waals surface area contributed by atoms with Crippen LogP contribution in [-0.2, 0) is 9.47 Å². The minimum Gasteiger partial charge on any atom is -0.471 e. The van der Waals surface area contributed by atoms with E-state index < -0.39 is 0 Å². The van der Waals surface area contributed by atoms with Gasteiger partial charge in [-0.15, -0.1) is 0 Å². The van der Waals surface area contributed by atoms with Crippen molar-refractivity contribution >= 4 is 11.8 Å². The molecule has 4 saturated carbocycles. The molecule has 8 rings (SSSR count). The average molecular weight is 635 g/mol. The Morgan fingerprint density at radius 1 is 0.426 bits per heavy atom. The zero-order valence-corrected chi connectivity index (χ0v) is 28.8. The topological polar surface area (TPSA) is 43.2 Å². The number of hydrogen-bond acceptors (Lipinski definition) is 4. The summed E-state index contributed by atoms with van der Waals surface area (Å²) in [5.74, 6) is 4.00. The van der Waals surface area contributed by atoms with Crippen molar-refractivity contribution in [3.05, 3.63) is 71.8 Å². The van der Waals surface area contributed by atoms with Crippen molar-refractivity contribution in [2.24, 2.45) is 33.7 Å². The van der Waals surface area contributed by atoms with Crippen LogP contribution in [0.1, 0.15) is 158 Å². The lowest BCUT2D eigenvalue weighted by Gasteiger charge is -2.49. The molecule has 2 aromatic rings. The van der Waals surface area contributed by atoms with E-state index in [1.165, 1.54) is 140 Å². The molecule has 0 amide bonds. The van der Waals surface area contributed by atoms with Crippen LogP contribution in [0.2, 0.25) is 0 Å². The van der Waals surface area contributed by atoms with E-state index in [0.29, 0.717) is 30.1 Å². The second kappa shape index (κ2) is 14.1. The third kappa shape index (κ3) is 5.99. The molecule has 6 aliphatic rings. The van der Waals surface area contributed by atoms with E-state index in [0.717, 1.165) is 11.8 Å². The van der Waals surface area contributed by atoms with Crippen LogP contribution < -0.4 is 0 Å². The maximum absolute atomic E-state index is 7.55. The van der Waals surface area contributed by atoms with Gasteiger partial charge in [0, 0.05) is 23.7 Å². The minimum absolute atomic E-state index is 0.0540. The predicted octanol–water partition coefficient (Wildman–Crippen LogP) is 11.5. The van der Waals surface area contributed by atoms with Crippen LogP contribution in [0.15, 0.2) is 70.6 Å². The van der Waals surface area contributed by atoms with Crippen molar-refractivity contribution in [2.75, 3.05) is 0 Å². The fraction of sp³-hybridized carbons (Fsp3) is 0.674. The SMILES string of the molecule is c1ccc([C@H]2N=C(CC3=N[C@H](c4ccccc4)C(C4CCCCC4)(C4CCCCC4)O3)OC2(C2CCCCC2)C2CCCCC2)cc1. The van der Waals surface area contributed by atoms with Gasteiger partial charge in [-0.2, -0.15) is 0 Å². The average Bonchev–Trinajstić information content (AvgIpc) is 3.74. The third-order valence-corrected chi connectivity index (χ3v) is 13.5. The molecule has 4 nitrogen and oxygen atoms in total. The van der Waals surface area contributed by atoms with Crippen LogP contribution in [0, 0.1) is 23.7 Å². The molecular formula is C43H58N2O2. The second-order valence-corrected chi connectivity index (χ2v) is 16.1. The summed E-state index contributed by atoms with van der Waals surface area (Å²) >= 11 is 0. The smallest absolute Gasteiger partial charge is 0.194 e. The van der Waals surface area contributed by atoms with Gasteiger partial charge in [0.1, 0.15) is 23.3 Å². The van der Waals surface area contributed by atoms with Crippen LogP contribution in [-0.4, -0.2) is 23.0 Å². The Morgan fingerprint density at radius 3 is 1.02 bits per heavy atom. The van der Waals surface area contributed by atoms with E-state index in [2.05, 4.69) is 60.7 Å². The number of ether oxygens (including phenoxy) is 2. The Morgan fingerprint density at radius 2 is 0.723 bits per heavy atom. The first-order valence-electron chi connectivity index (χ1n) is 19.9. The zero-order valence-electron chi connectivity index (χ0n) is 28.8. The second-order valence-electron chi connectivity index (χ2n) is 16.1. The summed E-state index contributed by atoms with van der Waals surface area (Å²) in [4.78, 5) is 11.3. The molecule has 4 fully saturated rings. The molecule has 2 aliphatic heterocycles. The van der Waals surface area contributed by atoms with Gasteiger partial charge >= 0.3 is 0 Å². The highest BCUT2D eigenvalue weighted by molar-refractivity contribution is 5.99. The third-order valence-electron chi connectivity index (χ3n) is 13.5. The monoisotopic (exact) mass is 634 g/mol. The van der Waals surface area contributed by atoms with Crippen molar-refractivity contribution in [3.63, 3.8) is 0 Å². The highest BCUT2D eigenvalue weighted by Crippen LogP contribution is 2.58. The molecule has 2 atom stereocenters. The standard InChI is InChI=1S/C43H58N2O2/c1-7-19-32(20-8-1)40-42(34-23-11-3-12-24-34,35-25-13-4-14-26-35)46-38(44-40)31-39-45-41(33-21-9-2-10-22-33)43(47-39,36-27-15-5-16-28-36)37-29-17-6-18-30-37/h1-2,7-10,19-22,34-37,40-41H,3-6,11-18,23-31H2/t40-,41-/m1/s1. The van der Waals surface area contributed by atoms with Gasteiger partial charge in [-0.3, -0.25) is 0 Å². The molecule has 2 heterocycles. The van der Waals surface area contributed by atoms with E-state index in [1.54, 1.807) is 0 Å². The van der Waals surface area contributed by atoms with Crippen LogP contribution in [0.25, 0.3) is 0 Å². The van der Waals surface area contributed by atoms with Crippen molar-refractivity contribution in [3.8, 4) is 0 Å². The van der Waals surface area contributed by atoms with Crippen molar-refractivity contribution in [1.82, 2.24) is 0 Å². The summed E-state index contributed by atoms with van der Waals surface area (Å²) in [5.41, 5.74) is 2.15. The maximum atomic E-state index is 7.55. The molecule has 252 valence electrons. The van der Waals surface area contributed by atoms with E-state index in [4.69, 9.17) is 19.5 Å².